The van der Waals surface area contributed by atoms with E-state index in [-0.39, 0.29) is 9.90 Å². The van der Waals surface area contributed by atoms with Crippen LogP contribution in [0.1, 0.15) is 17.9 Å². The van der Waals surface area contributed by atoms with Gasteiger partial charge in [0.05, 0.1) is 9.90 Å². The van der Waals surface area contributed by atoms with Crippen molar-refractivity contribution in [3.63, 3.8) is 0 Å². The largest absolute Gasteiger partial charge is 0.381 e. The van der Waals surface area contributed by atoms with E-state index in [1.54, 1.807) is 5.38 Å². The number of aliphatic hydroxyl groups excluding tert-OH is 1. The second-order valence-corrected chi connectivity index (χ2v) is 3.85. The zero-order chi connectivity index (χ0) is 9.35. The van der Waals surface area contributed by atoms with Crippen LogP contribution in [0.3, 0.4) is 0 Å². The summed E-state index contributed by atoms with van der Waals surface area (Å²) in [6, 6.07) is 1.48. The fourth-order valence-electron chi connectivity index (χ4n) is 0.731. The molecule has 1 aromatic rings. The van der Waals surface area contributed by atoms with Crippen molar-refractivity contribution in [2.45, 2.75) is 19.0 Å². The number of hydrogen-bond donors (Lipinski definition) is 1. The molecule has 0 bridgehead atoms. The van der Waals surface area contributed by atoms with E-state index in [9.17, 15) is 8.78 Å². The second-order valence-electron chi connectivity index (χ2n) is 2.49. The summed E-state index contributed by atoms with van der Waals surface area (Å²) in [4.78, 5) is 0.115. The normalized spacial score (nSPS) is 14.8. The third-order valence-corrected chi connectivity index (χ3v) is 2.78. The molecule has 12 heavy (non-hydrogen) atoms. The Kier molecular flexibility index (Phi) is 2.70. The van der Waals surface area contributed by atoms with Gasteiger partial charge in [-0.25, -0.2) is 8.78 Å². The van der Waals surface area contributed by atoms with Gasteiger partial charge < -0.3 is 5.11 Å². The molecule has 1 aromatic heterocycles. The van der Waals surface area contributed by atoms with Gasteiger partial charge in [-0.2, -0.15) is 0 Å². The monoisotopic (exact) mass is 212 g/mol. The first-order valence-electron chi connectivity index (χ1n) is 3.21. The van der Waals surface area contributed by atoms with Crippen LogP contribution in [-0.4, -0.2) is 11.0 Å². The van der Waals surface area contributed by atoms with Crippen LogP contribution in [0.15, 0.2) is 11.4 Å². The summed E-state index contributed by atoms with van der Waals surface area (Å²) in [6.45, 7) is 0.660. The molecule has 0 radical (unpaired) electrons. The van der Waals surface area contributed by atoms with Crippen molar-refractivity contribution in [3.8, 4) is 0 Å². The van der Waals surface area contributed by atoms with Gasteiger partial charge in [-0.1, -0.05) is 11.6 Å². The Morgan fingerprint density at radius 1 is 1.67 bits per heavy atom. The molecule has 1 unspecified atom stereocenters. The predicted molar refractivity (Wildman–Crippen MR) is 44.9 cm³/mol. The first-order chi connectivity index (χ1) is 5.43. The minimum Gasteiger partial charge on any atom is -0.381 e. The van der Waals surface area contributed by atoms with Gasteiger partial charge in [-0.3, -0.25) is 0 Å². The lowest BCUT2D eigenvalue weighted by Gasteiger charge is -2.16. The van der Waals surface area contributed by atoms with E-state index in [0.717, 1.165) is 11.3 Å². The van der Waals surface area contributed by atoms with E-state index in [1.165, 1.54) is 6.07 Å². The molecule has 0 saturated carbocycles. The van der Waals surface area contributed by atoms with Gasteiger partial charge >= 0.3 is 0 Å². The van der Waals surface area contributed by atoms with E-state index in [1.807, 2.05) is 0 Å². The Hall–Kier alpha value is -0.190. The topological polar surface area (TPSA) is 20.2 Å². The number of hydrogen-bond acceptors (Lipinski definition) is 2. The smallest absolute Gasteiger partial charge is 0.275 e. The van der Waals surface area contributed by atoms with Crippen molar-refractivity contribution >= 4 is 22.9 Å². The maximum Gasteiger partial charge on any atom is 0.275 e. The van der Waals surface area contributed by atoms with Crippen LogP contribution in [0.5, 0.6) is 0 Å². The van der Waals surface area contributed by atoms with E-state index in [2.05, 4.69) is 0 Å². The van der Waals surface area contributed by atoms with Crippen molar-refractivity contribution in [1.29, 1.82) is 0 Å². The van der Waals surface area contributed by atoms with Crippen LogP contribution in [0, 0.1) is 0 Å². The van der Waals surface area contributed by atoms with Crippen LogP contribution in [0.25, 0.3) is 0 Å². The molecule has 0 aliphatic rings. The Morgan fingerprint density at radius 2 is 2.25 bits per heavy atom. The number of thiophene rings is 1. The van der Waals surface area contributed by atoms with Crippen molar-refractivity contribution in [3.05, 3.63) is 21.3 Å². The van der Waals surface area contributed by atoms with Crippen LogP contribution < -0.4 is 0 Å². The molecule has 0 aliphatic heterocycles. The SMILES string of the molecule is CC(F)(F)C(O)c1sccc1Cl. The molecule has 1 atom stereocenters. The molecule has 0 aliphatic carbocycles. The quantitative estimate of drug-likeness (QED) is 0.799. The van der Waals surface area contributed by atoms with Gasteiger partial charge in [0.1, 0.15) is 0 Å². The Morgan fingerprint density at radius 3 is 2.58 bits per heavy atom. The highest BCUT2D eigenvalue weighted by molar-refractivity contribution is 7.10. The first-order valence-corrected chi connectivity index (χ1v) is 4.47. The summed E-state index contributed by atoms with van der Waals surface area (Å²) in [5.41, 5.74) is 0. The fourth-order valence-corrected chi connectivity index (χ4v) is 1.97. The van der Waals surface area contributed by atoms with Crippen LogP contribution >= 0.6 is 22.9 Å². The maximum absolute atomic E-state index is 12.6. The lowest BCUT2D eigenvalue weighted by molar-refractivity contribution is -0.0937. The molecule has 0 saturated heterocycles. The Balaban J connectivity index is 2.92. The first kappa shape index (κ1) is 9.89. The molecule has 68 valence electrons. The van der Waals surface area contributed by atoms with E-state index >= 15 is 0 Å². The van der Waals surface area contributed by atoms with Gasteiger partial charge in [0.25, 0.3) is 5.92 Å². The molecule has 0 amide bonds. The fraction of sp³-hybridized carbons (Fsp3) is 0.429. The van der Waals surface area contributed by atoms with Crippen molar-refractivity contribution in [2.75, 3.05) is 0 Å². The Bertz CT molecular complexity index is 269. The third kappa shape index (κ3) is 1.94. The summed E-state index contributed by atoms with van der Waals surface area (Å²) in [6.07, 6.45) is -1.80. The standard InChI is InChI=1S/C7H7ClF2OS/c1-7(9,10)6(11)5-4(8)2-3-12-5/h2-3,6,11H,1H3. The highest BCUT2D eigenvalue weighted by Crippen LogP contribution is 2.37. The van der Waals surface area contributed by atoms with Crippen LogP contribution in [0.4, 0.5) is 8.78 Å². The van der Waals surface area contributed by atoms with E-state index in [4.69, 9.17) is 16.7 Å². The lowest BCUT2D eigenvalue weighted by atomic mass is 10.2. The summed E-state index contributed by atoms with van der Waals surface area (Å²) in [5.74, 6) is -3.14. The molecule has 5 heteroatoms. The van der Waals surface area contributed by atoms with Crippen molar-refractivity contribution < 1.29 is 13.9 Å². The van der Waals surface area contributed by atoms with Gasteiger partial charge in [-0.15, -0.1) is 11.3 Å². The summed E-state index contributed by atoms with van der Waals surface area (Å²) >= 11 is 6.58. The average molecular weight is 213 g/mol. The minimum atomic E-state index is -3.14. The average Bonchev–Trinajstić information content (AvgIpc) is 2.31. The van der Waals surface area contributed by atoms with E-state index in [0.29, 0.717) is 6.92 Å². The second kappa shape index (κ2) is 3.28. The lowest BCUT2D eigenvalue weighted by Crippen LogP contribution is -2.21. The number of alkyl halides is 2. The summed E-state index contributed by atoms with van der Waals surface area (Å²) in [5, 5.41) is 10.9. The van der Waals surface area contributed by atoms with Crippen LogP contribution in [0.2, 0.25) is 5.02 Å². The van der Waals surface area contributed by atoms with Gasteiger partial charge in [0, 0.05) is 6.92 Å². The molecule has 0 aromatic carbocycles. The molecular formula is C7H7ClF2OS. The minimum absolute atomic E-state index is 0.115. The van der Waals surface area contributed by atoms with Crippen molar-refractivity contribution in [2.24, 2.45) is 0 Å². The molecule has 1 nitrogen and oxygen atoms in total. The summed E-state index contributed by atoms with van der Waals surface area (Å²) in [7, 11) is 0. The Labute approximate surface area is 77.6 Å². The van der Waals surface area contributed by atoms with Gasteiger partial charge in [0.2, 0.25) is 0 Å². The number of halogens is 3. The van der Waals surface area contributed by atoms with Gasteiger partial charge in [0.15, 0.2) is 6.10 Å². The number of aliphatic hydroxyl groups is 1. The maximum atomic E-state index is 12.6. The van der Waals surface area contributed by atoms with Crippen molar-refractivity contribution in [1.82, 2.24) is 0 Å². The molecule has 0 spiro atoms. The van der Waals surface area contributed by atoms with Gasteiger partial charge in [-0.05, 0) is 11.4 Å². The zero-order valence-electron chi connectivity index (χ0n) is 6.22. The third-order valence-electron chi connectivity index (χ3n) is 1.37. The predicted octanol–water partition coefficient (Wildman–Crippen LogP) is 3.09. The molecule has 1 heterocycles. The highest BCUT2D eigenvalue weighted by Gasteiger charge is 2.35. The zero-order valence-corrected chi connectivity index (χ0v) is 7.79. The molecular weight excluding hydrogens is 206 g/mol. The summed E-state index contributed by atoms with van der Waals surface area (Å²) < 4.78 is 25.1. The van der Waals surface area contributed by atoms with Crippen LogP contribution in [-0.2, 0) is 0 Å². The highest BCUT2D eigenvalue weighted by atomic mass is 35.5. The molecule has 1 N–H and O–H groups in total. The molecule has 0 fully saturated rings. The van der Waals surface area contributed by atoms with E-state index < -0.39 is 12.0 Å². The molecule has 1 rings (SSSR count). The number of rotatable bonds is 2.